The second kappa shape index (κ2) is 2.80. The van der Waals surface area contributed by atoms with Crippen molar-refractivity contribution in [3.8, 4) is 0 Å². The molecule has 0 radical (unpaired) electrons. The molecule has 0 atom stereocenters. The van der Waals surface area contributed by atoms with Crippen molar-refractivity contribution in [3.63, 3.8) is 0 Å². The molecular weight excluding hydrogens is 166 g/mol. The van der Waals surface area contributed by atoms with Crippen LogP contribution < -0.4 is 10.8 Å². The van der Waals surface area contributed by atoms with Crippen LogP contribution in [0.15, 0.2) is 18.2 Å². The quantitative estimate of drug-likeness (QED) is 0.616. The first-order valence-electron chi connectivity index (χ1n) is 2.87. The Bertz CT molecular complexity index is 298. The zero-order chi connectivity index (χ0) is 8.43. The number of carbonyl (C=O) groups is 1. The standard InChI is InChI=1S/C7H6ClNO2/c8-4-1-2-6(9)5(3-4)7(10)11/h1-3H,9H2,(H,10,11)/p-1. The fourth-order valence-electron chi connectivity index (χ4n) is 0.705. The lowest BCUT2D eigenvalue weighted by Gasteiger charge is -2.05. The monoisotopic (exact) mass is 170 g/mol. The summed E-state index contributed by atoms with van der Waals surface area (Å²) in [6.07, 6.45) is 0. The minimum Gasteiger partial charge on any atom is -0.545 e. The zero-order valence-electron chi connectivity index (χ0n) is 5.50. The van der Waals surface area contributed by atoms with Crippen LogP contribution in [0.4, 0.5) is 5.69 Å². The molecule has 0 aromatic heterocycles. The first kappa shape index (κ1) is 7.88. The van der Waals surface area contributed by atoms with Gasteiger partial charge in [0.2, 0.25) is 0 Å². The topological polar surface area (TPSA) is 66.2 Å². The minimum atomic E-state index is -1.31. The molecule has 0 bridgehead atoms. The fourth-order valence-corrected chi connectivity index (χ4v) is 0.877. The van der Waals surface area contributed by atoms with E-state index < -0.39 is 5.97 Å². The molecule has 0 aliphatic rings. The normalized spacial score (nSPS) is 9.55. The van der Waals surface area contributed by atoms with Gasteiger partial charge in [-0.05, 0) is 18.2 Å². The van der Waals surface area contributed by atoms with Gasteiger partial charge in [-0.15, -0.1) is 0 Å². The van der Waals surface area contributed by atoms with Crippen molar-refractivity contribution in [1.29, 1.82) is 0 Å². The number of carboxylic acid groups (broad SMARTS) is 1. The Balaban J connectivity index is 3.23. The summed E-state index contributed by atoms with van der Waals surface area (Å²) >= 11 is 5.51. The van der Waals surface area contributed by atoms with Gasteiger partial charge >= 0.3 is 0 Å². The van der Waals surface area contributed by atoms with Crippen molar-refractivity contribution in [2.24, 2.45) is 0 Å². The maximum absolute atomic E-state index is 10.3. The van der Waals surface area contributed by atoms with Gasteiger partial charge in [0, 0.05) is 16.3 Å². The Morgan fingerprint density at radius 1 is 1.55 bits per heavy atom. The Labute approximate surface area is 68.4 Å². The average Bonchev–Trinajstić information content (AvgIpc) is 1.94. The summed E-state index contributed by atoms with van der Waals surface area (Å²) in [5.74, 6) is -1.31. The van der Waals surface area contributed by atoms with E-state index in [0.717, 1.165) is 0 Å². The van der Waals surface area contributed by atoms with Crippen LogP contribution in [0.1, 0.15) is 10.4 Å². The minimum absolute atomic E-state index is 0.0718. The summed E-state index contributed by atoms with van der Waals surface area (Å²) in [5.41, 5.74) is 5.40. The molecule has 3 nitrogen and oxygen atoms in total. The number of nitrogen functional groups attached to an aromatic ring is 1. The number of nitrogens with two attached hydrogens (primary N) is 1. The van der Waals surface area contributed by atoms with Crippen molar-refractivity contribution >= 4 is 23.3 Å². The van der Waals surface area contributed by atoms with E-state index in [1.807, 2.05) is 0 Å². The molecule has 0 aliphatic heterocycles. The number of carboxylic acids is 1. The van der Waals surface area contributed by atoms with E-state index in [2.05, 4.69) is 0 Å². The summed E-state index contributed by atoms with van der Waals surface area (Å²) in [6, 6.07) is 4.20. The second-order valence-electron chi connectivity index (χ2n) is 2.02. The van der Waals surface area contributed by atoms with Crippen LogP contribution in [0.25, 0.3) is 0 Å². The van der Waals surface area contributed by atoms with Crippen LogP contribution in [-0.2, 0) is 0 Å². The predicted octanol–water partition coefficient (Wildman–Crippen LogP) is 0.286. The molecule has 4 heteroatoms. The van der Waals surface area contributed by atoms with Gasteiger partial charge < -0.3 is 15.6 Å². The zero-order valence-corrected chi connectivity index (χ0v) is 6.26. The molecule has 0 heterocycles. The highest BCUT2D eigenvalue weighted by molar-refractivity contribution is 6.31. The first-order chi connectivity index (χ1) is 5.11. The van der Waals surface area contributed by atoms with Crippen molar-refractivity contribution in [2.45, 2.75) is 0 Å². The lowest BCUT2D eigenvalue weighted by Crippen LogP contribution is -2.23. The number of halogens is 1. The average molecular weight is 171 g/mol. The van der Waals surface area contributed by atoms with Gasteiger partial charge in [-0.1, -0.05) is 11.6 Å². The number of rotatable bonds is 1. The summed E-state index contributed by atoms with van der Waals surface area (Å²) in [7, 11) is 0. The number of hydrogen-bond donors (Lipinski definition) is 1. The van der Waals surface area contributed by atoms with Crippen LogP contribution in [0.3, 0.4) is 0 Å². The van der Waals surface area contributed by atoms with Crippen LogP contribution in [-0.4, -0.2) is 5.97 Å². The molecule has 1 aromatic rings. The van der Waals surface area contributed by atoms with Gasteiger partial charge in [-0.2, -0.15) is 0 Å². The molecule has 0 unspecified atom stereocenters. The van der Waals surface area contributed by atoms with Gasteiger partial charge in [0.15, 0.2) is 0 Å². The molecule has 1 aromatic carbocycles. The smallest absolute Gasteiger partial charge is 0.0736 e. The fraction of sp³-hybridized carbons (Fsp3) is 0. The van der Waals surface area contributed by atoms with E-state index in [1.54, 1.807) is 0 Å². The summed E-state index contributed by atoms with van der Waals surface area (Å²) in [5, 5.41) is 10.7. The molecular formula is C7H5ClNO2-. The van der Waals surface area contributed by atoms with E-state index in [0.29, 0.717) is 5.02 Å². The van der Waals surface area contributed by atoms with Crippen LogP contribution in [0.5, 0.6) is 0 Å². The van der Waals surface area contributed by atoms with Gasteiger partial charge in [0.25, 0.3) is 0 Å². The van der Waals surface area contributed by atoms with Crippen molar-refractivity contribution in [2.75, 3.05) is 5.73 Å². The van der Waals surface area contributed by atoms with E-state index in [4.69, 9.17) is 17.3 Å². The highest BCUT2D eigenvalue weighted by atomic mass is 35.5. The maximum atomic E-state index is 10.3. The molecule has 11 heavy (non-hydrogen) atoms. The number of benzene rings is 1. The highest BCUT2D eigenvalue weighted by Gasteiger charge is 1.99. The third-order valence-corrected chi connectivity index (χ3v) is 1.47. The summed E-state index contributed by atoms with van der Waals surface area (Å²) in [6.45, 7) is 0. The molecule has 0 fully saturated rings. The maximum Gasteiger partial charge on any atom is 0.0736 e. The van der Waals surface area contributed by atoms with Gasteiger partial charge in [0.1, 0.15) is 0 Å². The number of anilines is 1. The van der Waals surface area contributed by atoms with E-state index >= 15 is 0 Å². The van der Waals surface area contributed by atoms with Gasteiger partial charge in [-0.25, -0.2) is 0 Å². The molecule has 0 saturated carbocycles. The van der Waals surface area contributed by atoms with Crippen LogP contribution in [0.2, 0.25) is 5.02 Å². The molecule has 0 saturated heterocycles. The highest BCUT2D eigenvalue weighted by Crippen LogP contribution is 2.16. The first-order valence-corrected chi connectivity index (χ1v) is 3.25. The molecule has 1 rings (SSSR count). The Kier molecular flexibility index (Phi) is 2.01. The van der Waals surface area contributed by atoms with E-state index in [-0.39, 0.29) is 11.3 Å². The third kappa shape index (κ3) is 1.62. The van der Waals surface area contributed by atoms with E-state index in [9.17, 15) is 9.90 Å². The summed E-state index contributed by atoms with van der Waals surface area (Å²) in [4.78, 5) is 10.3. The van der Waals surface area contributed by atoms with Crippen molar-refractivity contribution in [1.82, 2.24) is 0 Å². The van der Waals surface area contributed by atoms with E-state index in [1.165, 1.54) is 18.2 Å². The van der Waals surface area contributed by atoms with Gasteiger partial charge in [-0.3, -0.25) is 0 Å². The van der Waals surface area contributed by atoms with Crippen LogP contribution in [0, 0.1) is 0 Å². The predicted molar refractivity (Wildman–Crippen MR) is 40.2 cm³/mol. The Hall–Kier alpha value is -1.22. The number of aromatic carboxylic acids is 1. The lowest BCUT2D eigenvalue weighted by atomic mass is 10.2. The molecule has 0 amide bonds. The van der Waals surface area contributed by atoms with Crippen molar-refractivity contribution in [3.05, 3.63) is 28.8 Å². The Morgan fingerprint density at radius 3 is 2.64 bits per heavy atom. The third-order valence-electron chi connectivity index (χ3n) is 1.24. The Morgan fingerprint density at radius 2 is 2.18 bits per heavy atom. The lowest BCUT2D eigenvalue weighted by molar-refractivity contribution is -0.254. The van der Waals surface area contributed by atoms with Gasteiger partial charge in [0.05, 0.1) is 5.97 Å². The summed E-state index contributed by atoms with van der Waals surface area (Å²) < 4.78 is 0. The second-order valence-corrected chi connectivity index (χ2v) is 2.46. The molecule has 0 spiro atoms. The molecule has 0 aliphatic carbocycles. The van der Waals surface area contributed by atoms with Crippen molar-refractivity contribution < 1.29 is 9.90 Å². The largest absolute Gasteiger partial charge is 0.545 e. The number of carbonyl (C=O) groups excluding carboxylic acids is 1. The van der Waals surface area contributed by atoms with Crippen LogP contribution >= 0.6 is 11.6 Å². The molecule has 58 valence electrons. The number of hydrogen-bond acceptors (Lipinski definition) is 3. The SMILES string of the molecule is Nc1ccc(Cl)cc1C(=O)[O-]. The molecule has 2 N–H and O–H groups in total.